The van der Waals surface area contributed by atoms with Crippen LogP contribution in [0.25, 0.3) is 11.0 Å². The quantitative estimate of drug-likeness (QED) is 0.581. The third-order valence-corrected chi connectivity index (χ3v) is 3.81. The van der Waals surface area contributed by atoms with Gasteiger partial charge in [-0.25, -0.2) is 14.6 Å². The van der Waals surface area contributed by atoms with E-state index in [9.17, 15) is 24.8 Å². The highest BCUT2D eigenvalue weighted by molar-refractivity contribution is 5.80. The highest BCUT2D eigenvalue weighted by atomic mass is 16.6. The number of carbonyl (C=O) groups is 2. The van der Waals surface area contributed by atoms with E-state index in [2.05, 4.69) is 10.3 Å². The fourth-order valence-electron chi connectivity index (χ4n) is 2.56. The van der Waals surface area contributed by atoms with Crippen molar-refractivity contribution >= 4 is 28.8 Å². The summed E-state index contributed by atoms with van der Waals surface area (Å²) in [5.74, 6) is -0.627. The number of imidazole rings is 1. The molecule has 0 fully saturated rings. The van der Waals surface area contributed by atoms with Gasteiger partial charge in [0, 0.05) is 25.6 Å². The number of nitro benzene ring substituents is 1. The van der Waals surface area contributed by atoms with E-state index in [1.54, 1.807) is 38.5 Å². The molecule has 1 heterocycles. The van der Waals surface area contributed by atoms with Crippen molar-refractivity contribution in [2.75, 3.05) is 0 Å². The van der Waals surface area contributed by atoms with Crippen LogP contribution in [0.5, 0.6) is 0 Å². The van der Waals surface area contributed by atoms with Gasteiger partial charge in [-0.05, 0) is 33.3 Å². The smallest absolute Gasteiger partial charge is 0.408 e. The molecule has 1 aromatic heterocycles. The third kappa shape index (κ3) is 5.16. The van der Waals surface area contributed by atoms with Crippen LogP contribution in [-0.4, -0.2) is 43.3 Å². The Morgan fingerprint density at radius 1 is 1.41 bits per heavy atom. The molecular weight excluding hydrogens is 356 g/mol. The number of aliphatic carboxylic acids is 1. The zero-order valence-electron chi connectivity index (χ0n) is 15.6. The number of hydrogen-bond donors (Lipinski definition) is 2. The predicted octanol–water partition coefficient (Wildman–Crippen LogP) is 2.39. The second-order valence-electron chi connectivity index (χ2n) is 7.09. The minimum Gasteiger partial charge on any atom is -0.480 e. The lowest BCUT2D eigenvalue weighted by Crippen LogP contribution is -2.43. The van der Waals surface area contributed by atoms with Gasteiger partial charge < -0.3 is 19.7 Å². The first kappa shape index (κ1) is 20.1. The Labute approximate surface area is 155 Å². The van der Waals surface area contributed by atoms with Crippen LogP contribution in [0.4, 0.5) is 10.5 Å². The molecule has 27 heavy (non-hydrogen) atoms. The number of aromatic nitrogens is 2. The zero-order chi connectivity index (χ0) is 20.4. The Kier molecular flexibility index (Phi) is 5.67. The summed E-state index contributed by atoms with van der Waals surface area (Å²) < 4.78 is 6.82. The van der Waals surface area contributed by atoms with Crippen molar-refractivity contribution in [1.29, 1.82) is 0 Å². The highest BCUT2D eigenvalue weighted by Crippen LogP contribution is 2.22. The Balaban J connectivity index is 2.12. The second-order valence-corrected chi connectivity index (χ2v) is 7.09. The van der Waals surface area contributed by atoms with Gasteiger partial charge in [0.05, 0.1) is 16.0 Å². The van der Waals surface area contributed by atoms with Crippen LogP contribution in [0.2, 0.25) is 0 Å². The molecule has 0 aliphatic rings. The van der Waals surface area contributed by atoms with E-state index in [-0.39, 0.29) is 18.5 Å². The summed E-state index contributed by atoms with van der Waals surface area (Å²) in [6.45, 7) is 5.04. The Morgan fingerprint density at radius 2 is 2.07 bits per heavy atom. The first-order valence-electron chi connectivity index (χ1n) is 8.30. The van der Waals surface area contributed by atoms with E-state index in [1.807, 2.05) is 0 Å². The predicted molar refractivity (Wildman–Crippen MR) is 96.5 cm³/mol. The molecule has 0 bridgehead atoms. The molecule has 10 heteroatoms. The summed E-state index contributed by atoms with van der Waals surface area (Å²) in [4.78, 5) is 38.0. The molecular formula is C17H22N4O6. The molecule has 0 saturated carbocycles. The molecule has 2 rings (SSSR count). The van der Waals surface area contributed by atoms with E-state index in [4.69, 9.17) is 4.74 Å². The van der Waals surface area contributed by atoms with Crippen molar-refractivity contribution in [3.8, 4) is 0 Å². The fraction of sp³-hybridized carbons (Fsp3) is 0.471. The number of hydrogen-bond acceptors (Lipinski definition) is 6. The summed E-state index contributed by atoms with van der Waals surface area (Å²) in [6.07, 6.45) is -0.463. The van der Waals surface area contributed by atoms with Gasteiger partial charge in [0.1, 0.15) is 17.5 Å². The number of non-ortho nitro benzene ring substituents is 1. The molecule has 0 spiro atoms. The van der Waals surface area contributed by atoms with Gasteiger partial charge in [-0.15, -0.1) is 0 Å². The largest absolute Gasteiger partial charge is 0.480 e. The van der Waals surface area contributed by atoms with Crippen molar-refractivity contribution in [1.82, 2.24) is 14.9 Å². The monoisotopic (exact) mass is 378 g/mol. The number of benzene rings is 1. The van der Waals surface area contributed by atoms with E-state index in [0.717, 1.165) is 0 Å². The van der Waals surface area contributed by atoms with Crippen molar-refractivity contribution in [3.63, 3.8) is 0 Å². The number of carboxylic acid groups (broad SMARTS) is 1. The third-order valence-electron chi connectivity index (χ3n) is 3.81. The molecule has 0 saturated heterocycles. The minimum atomic E-state index is -1.18. The zero-order valence-corrected chi connectivity index (χ0v) is 15.6. The molecule has 10 nitrogen and oxygen atoms in total. The van der Waals surface area contributed by atoms with Gasteiger partial charge in [0.2, 0.25) is 0 Å². The lowest BCUT2D eigenvalue weighted by molar-refractivity contribution is -0.384. The van der Waals surface area contributed by atoms with Crippen LogP contribution in [-0.2, 0) is 23.0 Å². The number of carbonyl (C=O) groups excluding carboxylic acids is 1. The number of nitro groups is 1. The summed E-state index contributed by atoms with van der Waals surface area (Å²) >= 11 is 0. The molecule has 0 radical (unpaired) electrons. The first-order valence-corrected chi connectivity index (χ1v) is 8.30. The van der Waals surface area contributed by atoms with Gasteiger partial charge in [-0.2, -0.15) is 0 Å². The molecule has 1 amide bonds. The normalized spacial score (nSPS) is 12.6. The van der Waals surface area contributed by atoms with E-state index >= 15 is 0 Å². The van der Waals surface area contributed by atoms with Gasteiger partial charge in [0.15, 0.2) is 0 Å². The van der Waals surface area contributed by atoms with Crippen LogP contribution < -0.4 is 5.32 Å². The summed E-state index contributed by atoms with van der Waals surface area (Å²) in [5, 5.41) is 22.5. The maximum Gasteiger partial charge on any atom is 0.408 e. The Hall–Kier alpha value is -3.17. The number of nitrogens with zero attached hydrogens (tertiary/aromatic N) is 3. The van der Waals surface area contributed by atoms with Gasteiger partial charge in [-0.1, -0.05) is 0 Å². The number of rotatable bonds is 6. The molecule has 2 aromatic rings. The van der Waals surface area contributed by atoms with Gasteiger partial charge in [0.25, 0.3) is 5.69 Å². The van der Waals surface area contributed by atoms with E-state index < -0.39 is 28.6 Å². The molecule has 1 aromatic carbocycles. The maximum atomic E-state index is 11.8. The standard InChI is InChI=1S/C17H22N4O6/c1-17(2,3)27-16(24)19-11(15(22)23)6-8-14-18-12-9-10(21(25)26)5-7-13(12)20(14)4/h5,7,9,11H,6,8H2,1-4H3,(H,19,24)(H,22,23). The number of ether oxygens (including phenoxy) is 1. The SMILES string of the molecule is Cn1c(CCC(NC(=O)OC(C)(C)C)C(=O)O)nc2cc([N+](=O)[O-])ccc21. The number of fused-ring (bicyclic) bond motifs is 1. The number of alkyl carbamates (subject to hydrolysis) is 1. The average Bonchev–Trinajstić information content (AvgIpc) is 2.85. The van der Waals surface area contributed by atoms with Crippen LogP contribution >= 0.6 is 0 Å². The van der Waals surface area contributed by atoms with Crippen molar-refractivity contribution in [2.45, 2.75) is 45.3 Å². The van der Waals surface area contributed by atoms with E-state index in [0.29, 0.717) is 16.9 Å². The van der Waals surface area contributed by atoms with Crippen LogP contribution in [0.3, 0.4) is 0 Å². The number of aryl methyl sites for hydroxylation is 2. The van der Waals surface area contributed by atoms with Crippen molar-refractivity contribution in [3.05, 3.63) is 34.1 Å². The molecule has 1 unspecified atom stereocenters. The van der Waals surface area contributed by atoms with Crippen molar-refractivity contribution < 1.29 is 24.4 Å². The molecule has 146 valence electrons. The van der Waals surface area contributed by atoms with E-state index in [1.165, 1.54) is 12.1 Å². The van der Waals surface area contributed by atoms with Crippen LogP contribution in [0, 0.1) is 10.1 Å². The maximum absolute atomic E-state index is 11.8. The molecule has 0 aliphatic heterocycles. The van der Waals surface area contributed by atoms with Gasteiger partial charge in [-0.3, -0.25) is 10.1 Å². The Bertz CT molecular complexity index is 883. The van der Waals surface area contributed by atoms with Crippen molar-refractivity contribution in [2.24, 2.45) is 7.05 Å². The van der Waals surface area contributed by atoms with Crippen LogP contribution in [0.15, 0.2) is 18.2 Å². The van der Waals surface area contributed by atoms with Gasteiger partial charge >= 0.3 is 12.1 Å². The second kappa shape index (κ2) is 7.60. The Morgan fingerprint density at radius 3 is 2.63 bits per heavy atom. The number of amides is 1. The summed E-state index contributed by atoms with van der Waals surface area (Å²) in [6, 6.07) is 3.20. The number of nitrogens with one attached hydrogen (secondary N) is 1. The minimum absolute atomic E-state index is 0.0674. The van der Waals surface area contributed by atoms with Crippen LogP contribution in [0.1, 0.15) is 33.0 Å². The number of carboxylic acids is 1. The molecule has 0 aliphatic carbocycles. The first-order chi connectivity index (χ1) is 12.5. The summed E-state index contributed by atoms with van der Waals surface area (Å²) in [5.41, 5.74) is 0.345. The lowest BCUT2D eigenvalue weighted by Gasteiger charge is -2.22. The summed E-state index contributed by atoms with van der Waals surface area (Å²) in [7, 11) is 1.74. The average molecular weight is 378 g/mol. The fourth-order valence-corrected chi connectivity index (χ4v) is 2.56. The highest BCUT2D eigenvalue weighted by Gasteiger charge is 2.24. The lowest BCUT2D eigenvalue weighted by atomic mass is 10.1. The molecule has 2 N–H and O–H groups in total. The topological polar surface area (TPSA) is 137 Å². The molecule has 1 atom stereocenters.